The third kappa shape index (κ3) is 19.3. The summed E-state index contributed by atoms with van der Waals surface area (Å²) in [6, 6.07) is 16.5. The highest BCUT2D eigenvalue weighted by Gasteiger charge is 2.34. The van der Waals surface area contributed by atoms with Crippen LogP contribution in [0.25, 0.3) is 0 Å². The second kappa shape index (κ2) is 24.8. The molecule has 60 heavy (non-hydrogen) atoms. The molecule has 0 saturated carbocycles. The van der Waals surface area contributed by atoms with Crippen LogP contribution in [-0.2, 0) is 49.8 Å². The molecule has 0 saturated heterocycles. The number of sulfonamides is 1. The van der Waals surface area contributed by atoms with Gasteiger partial charge in [-0.25, -0.2) is 18.2 Å². The number of carboxylic acid groups (broad SMARTS) is 2. The summed E-state index contributed by atoms with van der Waals surface area (Å²) >= 11 is 0. The summed E-state index contributed by atoms with van der Waals surface area (Å²) in [6.07, 6.45) is 5.68. The number of hydrogen-bond acceptors (Lipinski definition) is 12. The quantitative estimate of drug-likeness (QED) is 0.0560. The van der Waals surface area contributed by atoms with Crippen LogP contribution in [0.3, 0.4) is 0 Å². The predicted molar refractivity (Wildman–Crippen MR) is 222 cm³/mol. The Hall–Kier alpha value is -5.14. The summed E-state index contributed by atoms with van der Waals surface area (Å²) < 4.78 is 55.1. The molecule has 0 spiro atoms. The van der Waals surface area contributed by atoms with E-state index in [0.717, 1.165) is 31.2 Å². The van der Waals surface area contributed by atoms with Crippen molar-refractivity contribution in [1.82, 2.24) is 15.6 Å². The normalized spacial score (nSPS) is 11.8. The molecule has 330 valence electrons. The second-order valence-corrected chi connectivity index (χ2v) is 17.0. The van der Waals surface area contributed by atoms with Crippen LogP contribution in [0.2, 0.25) is 0 Å². The lowest BCUT2D eigenvalue weighted by atomic mass is 9.72. The second-order valence-electron chi connectivity index (χ2n) is 15.3. The van der Waals surface area contributed by atoms with Crippen LogP contribution in [0.5, 0.6) is 11.5 Å². The number of nitrogens with zero attached hydrogens (tertiary/aromatic N) is 1. The van der Waals surface area contributed by atoms with Crippen molar-refractivity contribution in [2.45, 2.75) is 64.7 Å². The SMILES string of the molecule is CC(C)(CCCCc1ccc(Oc2ccc(S(=O)(=O)Nc3ccc(C(=O)NCCOCCOCC(=O)NCCOCCOCC(=O)O)cn3)cc2)cc1)CC(C)(C)C(=O)O. The Morgan fingerprint density at radius 1 is 0.700 bits per heavy atom. The number of unbranched alkanes of at least 4 members (excludes halogenated alkanes) is 1. The van der Waals surface area contributed by atoms with Crippen LogP contribution in [0.4, 0.5) is 5.82 Å². The summed E-state index contributed by atoms with van der Waals surface area (Å²) in [5, 5.41) is 23.2. The zero-order valence-corrected chi connectivity index (χ0v) is 35.5. The van der Waals surface area contributed by atoms with Crippen molar-refractivity contribution in [3.05, 3.63) is 78.0 Å². The first kappa shape index (κ1) is 49.2. The van der Waals surface area contributed by atoms with Crippen molar-refractivity contribution in [1.29, 1.82) is 0 Å². The lowest BCUT2D eigenvalue weighted by molar-refractivity contribution is -0.148. The largest absolute Gasteiger partial charge is 0.481 e. The molecule has 0 atom stereocenters. The number of pyridine rings is 1. The number of benzene rings is 2. The third-order valence-corrected chi connectivity index (χ3v) is 10.3. The lowest BCUT2D eigenvalue weighted by Crippen LogP contribution is -2.31. The number of aryl methyl sites for hydroxylation is 1. The van der Waals surface area contributed by atoms with Crippen molar-refractivity contribution in [2.75, 3.05) is 70.7 Å². The van der Waals surface area contributed by atoms with Gasteiger partial charge in [0, 0.05) is 19.3 Å². The number of carboxylic acids is 2. The molecule has 3 rings (SSSR count). The minimum Gasteiger partial charge on any atom is -0.481 e. The molecule has 18 heteroatoms. The number of ether oxygens (including phenoxy) is 5. The Morgan fingerprint density at radius 3 is 1.87 bits per heavy atom. The van der Waals surface area contributed by atoms with Crippen molar-refractivity contribution in [3.8, 4) is 11.5 Å². The third-order valence-electron chi connectivity index (χ3n) is 8.93. The first-order chi connectivity index (χ1) is 28.5. The molecule has 1 aromatic heterocycles. The van der Waals surface area contributed by atoms with Gasteiger partial charge in [0.05, 0.1) is 55.5 Å². The monoisotopic (exact) mass is 858 g/mol. The Morgan fingerprint density at radius 2 is 1.28 bits per heavy atom. The van der Waals surface area contributed by atoms with Gasteiger partial charge in [-0.15, -0.1) is 0 Å². The zero-order chi connectivity index (χ0) is 44.0. The minimum atomic E-state index is -3.99. The number of aliphatic carboxylic acids is 2. The number of aromatic nitrogens is 1. The fourth-order valence-electron chi connectivity index (χ4n) is 6.04. The topological polar surface area (TPSA) is 238 Å². The van der Waals surface area contributed by atoms with E-state index >= 15 is 0 Å². The number of hydrogen-bond donors (Lipinski definition) is 5. The van der Waals surface area contributed by atoms with Gasteiger partial charge in [0.15, 0.2) is 0 Å². The van der Waals surface area contributed by atoms with Crippen LogP contribution in [0.15, 0.2) is 71.8 Å². The zero-order valence-electron chi connectivity index (χ0n) is 34.7. The molecular weight excluding hydrogens is 801 g/mol. The van der Waals surface area contributed by atoms with Gasteiger partial charge in [-0.1, -0.05) is 32.4 Å². The summed E-state index contributed by atoms with van der Waals surface area (Å²) in [6.45, 7) is 8.82. The maximum absolute atomic E-state index is 13.0. The van der Waals surface area contributed by atoms with Crippen molar-refractivity contribution in [2.24, 2.45) is 10.8 Å². The van der Waals surface area contributed by atoms with E-state index in [-0.39, 0.29) is 86.9 Å². The van der Waals surface area contributed by atoms with Crippen molar-refractivity contribution in [3.63, 3.8) is 0 Å². The molecule has 0 unspecified atom stereocenters. The Kier molecular flexibility index (Phi) is 20.4. The van der Waals surface area contributed by atoms with E-state index in [2.05, 4.69) is 34.2 Å². The van der Waals surface area contributed by atoms with Crippen LogP contribution in [0.1, 0.15) is 69.3 Å². The van der Waals surface area contributed by atoms with E-state index in [0.29, 0.717) is 17.9 Å². The first-order valence-corrected chi connectivity index (χ1v) is 21.1. The van der Waals surface area contributed by atoms with Gasteiger partial charge in [0.2, 0.25) is 5.91 Å². The number of carbonyl (C=O) groups is 4. The van der Waals surface area contributed by atoms with E-state index in [9.17, 15) is 32.7 Å². The minimum absolute atomic E-state index is 0.00162. The van der Waals surface area contributed by atoms with Crippen LogP contribution >= 0.6 is 0 Å². The van der Waals surface area contributed by atoms with Gasteiger partial charge >= 0.3 is 11.9 Å². The predicted octanol–water partition coefficient (Wildman–Crippen LogP) is 4.91. The molecule has 5 N–H and O–H groups in total. The average molecular weight is 859 g/mol. The molecule has 0 aliphatic rings. The molecule has 2 aromatic carbocycles. The van der Waals surface area contributed by atoms with Gasteiger partial charge in [0.1, 0.15) is 30.5 Å². The Labute approximate surface area is 351 Å². The standard InChI is InChI=1S/C42H58N4O13S/c1-41(2,30-42(3,4)40(51)52)18-6-5-7-31-8-11-33(12-9-31)59-34-13-15-35(16-14-34)60(53,54)46-36-17-10-32(27-45-36)39(50)44-20-22-56-23-25-57-28-37(47)43-19-21-55-24-26-58-29-38(48)49/h8-17,27H,5-7,18-26,28-30H2,1-4H3,(H,43,47)(H,44,50)(H,45,46)(H,48,49)(H,51,52). The maximum atomic E-state index is 13.0. The number of amides is 2. The van der Waals surface area contributed by atoms with Crippen LogP contribution in [-0.4, -0.2) is 113 Å². The van der Waals surface area contributed by atoms with Gasteiger partial charge in [-0.3, -0.25) is 19.1 Å². The van der Waals surface area contributed by atoms with Crippen molar-refractivity contribution >= 4 is 39.6 Å². The fourth-order valence-corrected chi connectivity index (χ4v) is 7.05. The van der Waals surface area contributed by atoms with E-state index in [1.165, 1.54) is 30.5 Å². The number of nitrogens with one attached hydrogen (secondary N) is 3. The molecule has 3 aromatic rings. The molecule has 1 heterocycles. The van der Waals surface area contributed by atoms with E-state index in [1.807, 2.05) is 24.3 Å². The van der Waals surface area contributed by atoms with Gasteiger partial charge in [-0.05, 0) is 99.0 Å². The summed E-state index contributed by atoms with van der Waals surface area (Å²) in [5.74, 6) is -1.49. The summed E-state index contributed by atoms with van der Waals surface area (Å²) in [5.41, 5.74) is 0.558. The average Bonchev–Trinajstić information content (AvgIpc) is 3.19. The van der Waals surface area contributed by atoms with Gasteiger partial charge < -0.3 is 44.5 Å². The van der Waals surface area contributed by atoms with E-state index < -0.39 is 39.9 Å². The van der Waals surface area contributed by atoms with Gasteiger partial charge in [0.25, 0.3) is 15.9 Å². The number of anilines is 1. The molecule has 17 nitrogen and oxygen atoms in total. The number of carbonyl (C=O) groups excluding carboxylic acids is 2. The molecular formula is C42H58N4O13S. The highest BCUT2D eigenvalue weighted by atomic mass is 32.2. The van der Waals surface area contributed by atoms with Crippen molar-refractivity contribution < 1.29 is 61.5 Å². The Balaban J connectivity index is 1.29. The van der Waals surface area contributed by atoms with Crippen LogP contribution < -0.4 is 20.1 Å². The summed E-state index contributed by atoms with van der Waals surface area (Å²) in [7, 11) is -3.99. The first-order valence-electron chi connectivity index (χ1n) is 19.6. The van der Waals surface area contributed by atoms with Crippen LogP contribution in [0, 0.1) is 10.8 Å². The fraction of sp³-hybridized carbons (Fsp3) is 0.500. The summed E-state index contributed by atoms with van der Waals surface area (Å²) in [4.78, 5) is 50.2. The molecule has 0 aliphatic carbocycles. The van der Waals surface area contributed by atoms with Gasteiger partial charge in [-0.2, -0.15) is 0 Å². The molecule has 0 radical (unpaired) electrons. The van der Waals surface area contributed by atoms with E-state index in [1.54, 1.807) is 26.0 Å². The molecule has 0 aliphatic heterocycles. The maximum Gasteiger partial charge on any atom is 0.329 e. The molecule has 0 bridgehead atoms. The lowest BCUT2D eigenvalue weighted by Gasteiger charge is -2.32. The molecule has 0 fully saturated rings. The number of rotatable bonds is 30. The smallest absolute Gasteiger partial charge is 0.329 e. The highest BCUT2D eigenvalue weighted by Crippen LogP contribution is 2.37. The molecule has 2 amide bonds. The van der Waals surface area contributed by atoms with E-state index in [4.69, 9.17) is 28.8 Å². The Bertz CT molecular complexity index is 1910. The highest BCUT2D eigenvalue weighted by molar-refractivity contribution is 7.92.